The highest BCUT2D eigenvalue weighted by Crippen LogP contribution is 2.29. The van der Waals surface area contributed by atoms with E-state index in [2.05, 4.69) is 23.8 Å². The van der Waals surface area contributed by atoms with E-state index in [4.69, 9.17) is 0 Å². The van der Waals surface area contributed by atoms with Crippen LogP contribution in [0, 0.1) is 12.5 Å². The van der Waals surface area contributed by atoms with Crippen molar-refractivity contribution < 1.29 is 0 Å². The normalized spacial score (nSPS) is 41.7. The molecule has 0 aromatic carbocycles. The Kier molecular flexibility index (Phi) is 1.66. The molecule has 2 heteroatoms. The second kappa shape index (κ2) is 2.51. The number of fused-ring (bicyclic) bond motifs is 1. The molecule has 2 fully saturated rings. The van der Waals surface area contributed by atoms with Crippen LogP contribution >= 0.6 is 0 Å². The Morgan fingerprint density at radius 2 is 2.50 bits per heavy atom. The van der Waals surface area contributed by atoms with Gasteiger partial charge >= 0.3 is 0 Å². The zero-order valence-electron chi connectivity index (χ0n) is 6.51. The first-order chi connectivity index (χ1) is 4.88. The first-order valence-corrected chi connectivity index (χ1v) is 4.14. The molecule has 0 spiro atoms. The van der Waals surface area contributed by atoms with E-state index in [-0.39, 0.29) is 0 Å². The lowest BCUT2D eigenvalue weighted by Crippen LogP contribution is -2.41. The fourth-order valence-electron chi connectivity index (χ4n) is 2.12. The summed E-state index contributed by atoms with van der Waals surface area (Å²) in [5.74, 6) is 0.902. The van der Waals surface area contributed by atoms with Gasteiger partial charge in [0.1, 0.15) is 0 Å². The molecule has 2 heterocycles. The number of nitrogens with one attached hydrogen (secondary N) is 1. The zero-order valence-corrected chi connectivity index (χ0v) is 6.51. The van der Waals surface area contributed by atoms with Gasteiger partial charge in [0.05, 0.1) is 0 Å². The van der Waals surface area contributed by atoms with Crippen molar-refractivity contribution in [3.63, 3.8) is 0 Å². The van der Waals surface area contributed by atoms with Crippen molar-refractivity contribution in [3.8, 4) is 0 Å². The zero-order chi connectivity index (χ0) is 6.97. The molecule has 0 saturated carbocycles. The molecule has 1 N–H and O–H groups in total. The highest BCUT2D eigenvalue weighted by molar-refractivity contribution is 4.95. The standard InChI is InChI=1S/C8H15N2/c1-10-5-3-7-6-9-4-2-8(7)10/h5,7-9H,2-4,6H2,1H3. The maximum absolute atomic E-state index is 3.43. The molecule has 10 heavy (non-hydrogen) atoms. The van der Waals surface area contributed by atoms with E-state index in [9.17, 15) is 0 Å². The number of rotatable bonds is 0. The van der Waals surface area contributed by atoms with Crippen LogP contribution in [0.15, 0.2) is 0 Å². The van der Waals surface area contributed by atoms with Crippen molar-refractivity contribution in [1.82, 2.24) is 10.2 Å². The Hall–Kier alpha value is -0.0800. The van der Waals surface area contributed by atoms with Crippen LogP contribution in [0.3, 0.4) is 0 Å². The largest absolute Gasteiger partial charge is 0.316 e. The Balaban J connectivity index is 2.01. The summed E-state index contributed by atoms with van der Waals surface area (Å²) in [5.41, 5.74) is 0. The average Bonchev–Trinajstić information content (AvgIpc) is 2.34. The predicted molar refractivity (Wildman–Crippen MR) is 41.4 cm³/mol. The van der Waals surface area contributed by atoms with Crippen molar-refractivity contribution in [2.75, 3.05) is 20.1 Å². The van der Waals surface area contributed by atoms with Crippen LogP contribution in [-0.2, 0) is 0 Å². The highest BCUT2D eigenvalue weighted by atomic mass is 15.2. The van der Waals surface area contributed by atoms with Crippen molar-refractivity contribution in [1.29, 1.82) is 0 Å². The molecular weight excluding hydrogens is 124 g/mol. The summed E-state index contributed by atoms with van der Waals surface area (Å²) >= 11 is 0. The quantitative estimate of drug-likeness (QED) is 0.524. The first-order valence-electron chi connectivity index (χ1n) is 4.14. The highest BCUT2D eigenvalue weighted by Gasteiger charge is 2.33. The van der Waals surface area contributed by atoms with E-state index in [1.54, 1.807) is 0 Å². The Labute approximate surface area is 62.6 Å². The van der Waals surface area contributed by atoms with Crippen LogP contribution < -0.4 is 5.32 Å². The molecule has 0 bridgehead atoms. The van der Waals surface area contributed by atoms with Gasteiger partial charge in [0, 0.05) is 12.6 Å². The summed E-state index contributed by atoms with van der Waals surface area (Å²) in [6, 6.07) is 0.848. The fourth-order valence-corrected chi connectivity index (χ4v) is 2.12. The van der Waals surface area contributed by atoms with E-state index >= 15 is 0 Å². The average molecular weight is 139 g/mol. The van der Waals surface area contributed by atoms with Crippen LogP contribution in [0.5, 0.6) is 0 Å². The minimum atomic E-state index is 0.848. The fraction of sp³-hybridized carbons (Fsp3) is 0.875. The van der Waals surface area contributed by atoms with Crippen molar-refractivity contribution >= 4 is 0 Å². The lowest BCUT2D eigenvalue weighted by Gasteiger charge is -2.29. The molecular formula is C8H15N2. The predicted octanol–water partition coefficient (Wildman–Crippen LogP) is 0.462. The van der Waals surface area contributed by atoms with Crippen molar-refractivity contribution in [2.45, 2.75) is 18.9 Å². The summed E-state index contributed by atoms with van der Waals surface area (Å²) in [5, 5.41) is 3.43. The molecule has 0 aromatic heterocycles. The minimum absolute atomic E-state index is 0.848. The molecule has 2 rings (SSSR count). The molecule has 0 aliphatic carbocycles. The molecule has 0 amide bonds. The lowest BCUT2D eigenvalue weighted by atomic mass is 9.94. The maximum atomic E-state index is 3.43. The summed E-state index contributed by atoms with van der Waals surface area (Å²) in [7, 11) is 2.20. The number of piperidine rings is 1. The molecule has 2 saturated heterocycles. The van der Waals surface area contributed by atoms with E-state index in [1.807, 2.05) is 0 Å². The summed E-state index contributed by atoms with van der Waals surface area (Å²) < 4.78 is 0. The second-order valence-electron chi connectivity index (χ2n) is 3.40. The third kappa shape index (κ3) is 0.956. The van der Waals surface area contributed by atoms with Gasteiger partial charge in [-0.1, -0.05) is 0 Å². The number of hydrogen-bond acceptors (Lipinski definition) is 2. The molecule has 1 radical (unpaired) electrons. The molecule has 2 unspecified atom stereocenters. The summed E-state index contributed by atoms with van der Waals surface area (Å²) in [6.45, 7) is 4.77. The van der Waals surface area contributed by atoms with Gasteiger partial charge < -0.3 is 5.32 Å². The molecule has 2 atom stereocenters. The topological polar surface area (TPSA) is 15.3 Å². The van der Waals surface area contributed by atoms with Crippen molar-refractivity contribution in [3.05, 3.63) is 6.54 Å². The SMILES string of the molecule is CN1[CH]CC2CNCCC21. The Morgan fingerprint density at radius 3 is 3.30 bits per heavy atom. The van der Waals surface area contributed by atoms with Gasteiger partial charge in [-0.15, -0.1) is 0 Å². The number of nitrogens with zero attached hydrogens (tertiary/aromatic N) is 1. The van der Waals surface area contributed by atoms with Gasteiger partial charge in [0.25, 0.3) is 0 Å². The van der Waals surface area contributed by atoms with Crippen molar-refractivity contribution in [2.24, 2.45) is 5.92 Å². The maximum Gasteiger partial charge on any atom is 0.0255 e. The van der Waals surface area contributed by atoms with E-state index < -0.39 is 0 Å². The van der Waals surface area contributed by atoms with E-state index in [0.717, 1.165) is 12.0 Å². The molecule has 57 valence electrons. The third-order valence-electron chi connectivity index (χ3n) is 2.79. The molecule has 0 aromatic rings. The van der Waals surface area contributed by atoms with Gasteiger partial charge in [-0.3, -0.25) is 4.90 Å². The van der Waals surface area contributed by atoms with Gasteiger partial charge in [-0.25, -0.2) is 0 Å². The molecule has 2 aliphatic rings. The minimum Gasteiger partial charge on any atom is -0.316 e. The second-order valence-corrected chi connectivity index (χ2v) is 3.40. The monoisotopic (exact) mass is 139 g/mol. The lowest BCUT2D eigenvalue weighted by molar-refractivity contribution is 0.238. The molecule has 2 nitrogen and oxygen atoms in total. The summed E-state index contributed by atoms with van der Waals surface area (Å²) in [4.78, 5) is 2.39. The Bertz CT molecular complexity index is 122. The van der Waals surface area contributed by atoms with Crippen LogP contribution in [0.4, 0.5) is 0 Å². The smallest absolute Gasteiger partial charge is 0.0255 e. The van der Waals surface area contributed by atoms with Crippen LogP contribution in [0.2, 0.25) is 0 Å². The van der Waals surface area contributed by atoms with Gasteiger partial charge in [-0.2, -0.15) is 0 Å². The van der Waals surface area contributed by atoms with Crippen LogP contribution in [0.25, 0.3) is 0 Å². The Morgan fingerprint density at radius 1 is 1.60 bits per heavy atom. The van der Waals surface area contributed by atoms with Crippen LogP contribution in [-0.4, -0.2) is 31.1 Å². The number of hydrogen-bond donors (Lipinski definition) is 1. The van der Waals surface area contributed by atoms with E-state index in [0.29, 0.717) is 0 Å². The third-order valence-corrected chi connectivity index (χ3v) is 2.79. The van der Waals surface area contributed by atoms with Crippen LogP contribution in [0.1, 0.15) is 12.8 Å². The number of likely N-dealkylation sites (tertiary alicyclic amines) is 1. The van der Waals surface area contributed by atoms with Gasteiger partial charge in [0.2, 0.25) is 0 Å². The molecule has 2 aliphatic heterocycles. The summed E-state index contributed by atoms with van der Waals surface area (Å²) in [6.07, 6.45) is 2.62. The van der Waals surface area contributed by atoms with Gasteiger partial charge in [0.15, 0.2) is 0 Å². The van der Waals surface area contributed by atoms with Gasteiger partial charge in [-0.05, 0) is 38.9 Å². The first kappa shape index (κ1) is 6.62. The van der Waals surface area contributed by atoms with E-state index in [1.165, 1.54) is 25.9 Å².